The number of phenolic OH excluding ortho intramolecular Hbond substituents is 1. The topological polar surface area (TPSA) is 80.2 Å². The molecule has 3 rings (SSSR count). The van der Waals surface area contributed by atoms with Crippen LogP contribution >= 0.6 is 0 Å². The van der Waals surface area contributed by atoms with E-state index >= 15 is 0 Å². The summed E-state index contributed by atoms with van der Waals surface area (Å²) in [6.45, 7) is 0.738. The summed E-state index contributed by atoms with van der Waals surface area (Å²) in [5, 5.41) is 12.6. The number of nitrogens with zero attached hydrogens (tertiary/aromatic N) is 3. The van der Waals surface area contributed by atoms with Crippen LogP contribution in [0.1, 0.15) is 5.56 Å². The second-order valence-electron chi connectivity index (χ2n) is 5.22. The quantitative estimate of drug-likeness (QED) is 0.726. The summed E-state index contributed by atoms with van der Waals surface area (Å²) in [5.74, 6) is 1.61. The number of hydrogen-bond donors (Lipinski definition) is 2. The zero-order valence-electron chi connectivity index (χ0n) is 13.3. The van der Waals surface area contributed by atoms with Crippen LogP contribution in [0.4, 0.5) is 5.82 Å². The molecule has 3 aromatic rings. The van der Waals surface area contributed by atoms with Gasteiger partial charge in [-0.2, -0.15) is 0 Å². The van der Waals surface area contributed by atoms with E-state index in [1.807, 2.05) is 24.3 Å². The Morgan fingerprint density at radius 3 is 2.58 bits per heavy atom. The Balaban J connectivity index is 1.63. The van der Waals surface area contributed by atoms with Gasteiger partial charge >= 0.3 is 0 Å². The second-order valence-corrected chi connectivity index (χ2v) is 5.22. The number of anilines is 1. The van der Waals surface area contributed by atoms with E-state index in [0.717, 1.165) is 35.6 Å². The van der Waals surface area contributed by atoms with Crippen LogP contribution in [-0.2, 0) is 6.42 Å². The first-order chi connectivity index (χ1) is 11.7. The van der Waals surface area contributed by atoms with Gasteiger partial charge in [0.2, 0.25) is 5.88 Å². The highest BCUT2D eigenvalue weighted by atomic mass is 16.5. The average molecular weight is 322 g/mol. The molecule has 0 saturated carbocycles. The van der Waals surface area contributed by atoms with Crippen molar-refractivity contribution in [2.24, 2.45) is 0 Å². The molecule has 0 aliphatic carbocycles. The third-order valence-corrected chi connectivity index (χ3v) is 3.56. The number of ether oxygens (including phenoxy) is 1. The normalized spacial score (nSPS) is 10.4. The average Bonchev–Trinajstić information content (AvgIpc) is 2.64. The van der Waals surface area contributed by atoms with Crippen molar-refractivity contribution in [1.29, 1.82) is 0 Å². The van der Waals surface area contributed by atoms with Crippen LogP contribution in [0.15, 0.2) is 55.0 Å². The van der Waals surface area contributed by atoms with Gasteiger partial charge in [-0.05, 0) is 30.2 Å². The fraction of sp³-hybridized carbons (Fsp3) is 0.167. The Morgan fingerprint density at radius 2 is 1.88 bits per heavy atom. The standard InChI is InChI=1S/C18H18N4O2/c1-24-18-7-4-14(11-20-18)16-10-17(22-12-21-16)19-9-8-13-2-5-15(23)6-3-13/h2-7,10-12,23H,8-9H2,1H3,(H,19,21,22). The third-order valence-electron chi connectivity index (χ3n) is 3.56. The van der Waals surface area contributed by atoms with Crippen molar-refractivity contribution in [3.05, 3.63) is 60.6 Å². The summed E-state index contributed by atoms with van der Waals surface area (Å²) in [7, 11) is 1.59. The Labute approximate surface area is 140 Å². The molecule has 0 radical (unpaired) electrons. The van der Waals surface area contributed by atoms with Crippen LogP contribution in [-0.4, -0.2) is 33.7 Å². The predicted octanol–water partition coefficient (Wildman–Crippen LogP) is 2.91. The SMILES string of the molecule is COc1ccc(-c2cc(NCCc3ccc(O)cc3)ncn2)cn1. The number of aromatic hydroxyl groups is 1. The number of aromatic nitrogens is 3. The maximum atomic E-state index is 9.29. The first-order valence-corrected chi connectivity index (χ1v) is 7.59. The largest absolute Gasteiger partial charge is 0.508 e. The second kappa shape index (κ2) is 7.41. The molecule has 0 aliphatic rings. The summed E-state index contributed by atoms with van der Waals surface area (Å²) in [4.78, 5) is 12.7. The lowest BCUT2D eigenvalue weighted by atomic mass is 10.1. The third kappa shape index (κ3) is 3.98. The first kappa shape index (κ1) is 15.7. The molecule has 2 aromatic heterocycles. The summed E-state index contributed by atoms with van der Waals surface area (Å²) < 4.78 is 5.06. The van der Waals surface area contributed by atoms with E-state index in [1.165, 1.54) is 6.33 Å². The molecular formula is C18H18N4O2. The molecule has 6 nitrogen and oxygen atoms in total. The zero-order chi connectivity index (χ0) is 16.8. The lowest BCUT2D eigenvalue weighted by Gasteiger charge is -2.07. The minimum absolute atomic E-state index is 0.278. The molecule has 0 aliphatic heterocycles. The molecular weight excluding hydrogens is 304 g/mol. The van der Waals surface area contributed by atoms with Crippen LogP contribution in [0.5, 0.6) is 11.6 Å². The number of methoxy groups -OCH3 is 1. The molecule has 0 spiro atoms. The lowest BCUT2D eigenvalue weighted by molar-refractivity contribution is 0.398. The van der Waals surface area contributed by atoms with E-state index in [-0.39, 0.29) is 5.75 Å². The van der Waals surface area contributed by atoms with Gasteiger partial charge in [0.25, 0.3) is 0 Å². The van der Waals surface area contributed by atoms with Crippen molar-refractivity contribution in [2.75, 3.05) is 19.0 Å². The van der Waals surface area contributed by atoms with Crippen LogP contribution in [0.2, 0.25) is 0 Å². The molecule has 24 heavy (non-hydrogen) atoms. The Kier molecular flexibility index (Phi) is 4.86. The van der Waals surface area contributed by atoms with Crippen molar-refractivity contribution >= 4 is 5.82 Å². The van der Waals surface area contributed by atoms with Crippen LogP contribution in [0.3, 0.4) is 0 Å². The highest BCUT2D eigenvalue weighted by Crippen LogP contribution is 2.19. The van der Waals surface area contributed by atoms with Crippen LogP contribution in [0.25, 0.3) is 11.3 Å². The molecule has 0 saturated heterocycles. The van der Waals surface area contributed by atoms with Gasteiger partial charge in [-0.1, -0.05) is 12.1 Å². The van der Waals surface area contributed by atoms with Gasteiger partial charge in [0.05, 0.1) is 12.8 Å². The first-order valence-electron chi connectivity index (χ1n) is 7.59. The summed E-state index contributed by atoms with van der Waals surface area (Å²) in [6.07, 6.45) is 4.09. The molecule has 2 heterocycles. The molecule has 0 fully saturated rings. The monoisotopic (exact) mass is 322 g/mol. The Morgan fingerprint density at radius 1 is 1.04 bits per heavy atom. The minimum Gasteiger partial charge on any atom is -0.508 e. The number of hydrogen-bond acceptors (Lipinski definition) is 6. The van der Waals surface area contributed by atoms with Gasteiger partial charge < -0.3 is 15.2 Å². The summed E-state index contributed by atoms with van der Waals surface area (Å²) in [5.41, 5.74) is 2.85. The number of phenols is 1. The number of nitrogens with one attached hydrogen (secondary N) is 1. The van der Waals surface area contributed by atoms with Crippen molar-refractivity contribution in [3.63, 3.8) is 0 Å². The maximum Gasteiger partial charge on any atom is 0.212 e. The fourth-order valence-electron chi connectivity index (χ4n) is 2.26. The highest BCUT2D eigenvalue weighted by Gasteiger charge is 2.03. The fourth-order valence-corrected chi connectivity index (χ4v) is 2.26. The van der Waals surface area contributed by atoms with Crippen LogP contribution < -0.4 is 10.1 Å². The van der Waals surface area contributed by atoms with E-state index in [1.54, 1.807) is 31.5 Å². The van der Waals surface area contributed by atoms with E-state index in [4.69, 9.17) is 4.74 Å². The van der Waals surface area contributed by atoms with Gasteiger partial charge in [-0.3, -0.25) is 0 Å². The molecule has 0 atom stereocenters. The maximum absolute atomic E-state index is 9.29. The van der Waals surface area contributed by atoms with Gasteiger partial charge in [0, 0.05) is 30.4 Å². The van der Waals surface area contributed by atoms with Crippen molar-refractivity contribution in [2.45, 2.75) is 6.42 Å². The number of benzene rings is 1. The number of pyridine rings is 1. The summed E-state index contributed by atoms with van der Waals surface area (Å²) in [6, 6.07) is 12.8. The molecule has 0 unspecified atom stereocenters. The molecule has 6 heteroatoms. The van der Waals surface area contributed by atoms with Gasteiger partial charge in [-0.25, -0.2) is 15.0 Å². The zero-order valence-corrected chi connectivity index (χ0v) is 13.3. The smallest absolute Gasteiger partial charge is 0.212 e. The van der Waals surface area contributed by atoms with Crippen molar-refractivity contribution in [3.8, 4) is 22.9 Å². The van der Waals surface area contributed by atoms with Gasteiger partial charge in [-0.15, -0.1) is 0 Å². The van der Waals surface area contributed by atoms with Crippen molar-refractivity contribution < 1.29 is 9.84 Å². The molecule has 0 amide bonds. The Hall–Kier alpha value is -3.15. The molecule has 122 valence electrons. The Bertz CT molecular complexity index is 789. The van der Waals surface area contributed by atoms with E-state index in [2.05, 4.69) is 20.3 Å². The van der Waals surface area contributed by atoms with E-state index < -0.39 is 0 Å². The molecule has 2 N–H and O–H groups in total. The highest BCUT2D eigenvalue weighted by molar-refractivity contribution is 5.61. The van der Waals surface area contributed by atoms with Gasteiger partial charge in [0.1, 0.15) is 17.9 Å². The molecule has 1 aromatic carbocycles. The van der Waals surface area contributed by atoms with E-state index in [0.29, 0.717) is 5.88 Å². The lowest BCUT2D eigenvalue weighted by Crippen LogP contribution is -2.06. The minimum atomic E-state index is 0.278. The number of rotatable bonds is 6. The van der Waals surface area contributed by atoms with Gasteiger partial charge in [0.15, 0.2) is 0 Å². The predicted molar refractivity (Wildman–Crippen MR) is 92.1 cm³/mol. The van der Waals surface area contributed by atoms with E-state index in [9.17, 15) is 5.11 Å². The van der Waals surface area contributed by atoms with Crippen molar-refractivity contribution in [1.82, 2.24) is 15.0 Å². The van der Waals surface area contributed by atoms with Crippen LogP contribution in [0, 0.1) is 0 Å². The molecule has 0 bridgehead atoms. The summed E-state index contributed by atoms with van der Waals surface area (Å²) >= 11 is 0.